The Bertz CT molecular complexity index is 758. The predicted octanol–water partition coefficient (Wildman–Crippen LogP) is 0.924. The second-order valence-corrected chi connectivity index (χ2v) is 6.39. The predicted molar refractivity (Wildman–Crippen MR) is 95.1 cm³/mol. The number of imidazole rings is 1. The van der Waals surface area contributed by atoms with Crippen molar-refractivity contribution in [2.24, 2.45) is 5.90 Å². The number of hydrogen-bond donors (Lipinski definition) is 3. The van der Waals surface area contributed by atoms with Gasteiger partial charge in [-0.05, 0) is 24.1 Å². The molecule has 0 saturated heterocycles. The van der Waals surface area contributed by atoms with Crippen molar-refractivity contribution in [1.29, 1.82) is 0 Å². The van der Waals surface area contributed by atoms with E-state index in [1.54, 1.807) is 11.1 Å². The molecule has 0 saturated carbocycles. The Morgan fingerprint density at radius 2 is 1.93 bits per heavy atom. The third-order valence-electron chi connectivity index (χ3n) is 3.64. The van der Waals surface area contributed by atoms with Crippen molar-refractivity contribution in [2.75, 3.05) is 13.1 Å². The minimum atomic E-state index is -0.985. The molecule has 12 heteroatoms. The molecule has 1 aromatic heterocycles. The fraction of sp³-hybridized carbons (Fsp3) is 0.312. The van der Waals surface area contributed by atoms with Crippen molar-refractivity contribution >= 4 is 24.0 Å². The van der Waals surface area contributed by atoms with E-state index in [1.165, 1.54) is 10.8 Å². The minimum Gasteiger partial charge on any atom is -0.480 e. The minimum absolute atomic E-state index is 0. The second-order valence-electron chi connectivity index (χ2n) is 5.61. The summed E-state index contributed by atoms with van der Waals surface area (Å²) < 4.78 is 6.06. The van der Waals surface area contributed by atoms with Crippen molar-refractivity contribution in [1.82, 2.24) is 14.5 Å². The van der Waals surface area contributed by atoms with Crippen molar-refractivity contribution < 1.29 is 49.5 Å². The number of benzene rings is 1. The third-order valence-corrected chi connectivity index (χ3v) is 4.25. The molecule has 28 heavy (non-hydrogen) atoms. The molecule has 2 aromatic rings. The number of aliphatic carboxylic acids is 2. The first-order chi connectivity index (χ1) is 13.0. The van der Waals surface area contributed by atoms with Gasteiger partial charge in [-0.3, -0.25) is 14.5 Å². The Morgan fingerprint density at radius 1 is 1.21 bits per heavy atom. The zero-order valence-corrected chi connectivity index (χ0v) is 18.3. The van der Waals surface area contributed by atoms with Gasteiger partial charge < -0.3 is 14.8 Å². The van der Waals surface area contributed by atoms with Crippen molar-refractivity contribution in [3.05, 3.63) is 48.0 Å². The van der Waals surface area contributed by atoms with E-state index >= 15 is 0 Å². The quantitative estimate of drug-likeness (QED) is 0.188. The van der Waals surface area contributed by atoms with Crippen molar-refractivity contribution in [2.45, 2.75) is 24.4 Å². The number of rotatable bonds is 12. The smallest absolute Gasteiger partial charge is 0.323 e. The van der Waals surface area contributed by atoms with E-state index in [4.69, 9.17) is 16.1 Å². The average Bonchev–Trinajstić information content (AvgIpc) is 3.04. The van der Waals surface area contributed by atoms with Gasteiger partial charge in [-0.2, -0.15) is 5.90 Å². The maximum Gasteiger partial charge on any atom is 0.323 e. The molecule has 1 aromatic carbocycles. The van der Waals surface area contributed by atoms with Crippen LogP contribution in [0.2, 0.25) is 0 Å². The molecule has 0 spiro atoms. The number of carbonyl (C=O) groups is 2. The summed E-state index contributed by atoms with van der Waals surface area (Å²) in [5.74, 6) is 3.34. The number of nitrogens with two attached hydrogens (primary N) is 1. The van der Waals surface area contributed by atoms with Gasteiger partial charge in [-0.25, -0.2) is 4.98 Å². The summed E-state index contributed by atoms with van der Waals surface area (Å²) in [5, 5.41) is 18.1. The Morgan fingerprint density at radius 3 is 2.54 bits per heavy atom. The summed E-state index contributed by atoms with van der Waals surface area (Å²) in [6.07, 6.45) is 3.68. The second kappa shape index (κ2) is 12.6. The van der Waals surface area contributed by atoms with Crippen LogP contribution in [0.3, 0.4) is 0 Å². The van der Waals surface area contributed by atoms with Crippen LogP contribution in [-0.4, -0.2) is 49.7 Å². The van der Waals surface area contributed by atoms with Crippen LogP contribution in [0.1, 0.15) is 11.4 Å². The first-order valence-electron chi connectivity index (χ1n) is 7.93. The molecular weight excluding hydrogens is 562 g/mol. The SMILES string of the molecule is NOOSc1ccc(CCN(CC(=O)O)Cc2nccn2CC(=O)O)cc1.[Re]. The molecule has 1 radical (unpaired) electrons. The summed E-state index contributed by atoms with van der Waals surface area (Å²) in [6, 6.07) is 7.46. The van der Waals surface area contributed by atoms with Gasteiger partial charge in [0, 0.05) is 44.3 Å². The van der Waals surface area contributed by atoms with E-state index in [9.17, 15) is 9.59 Å². The largest absolute Gasteiger partial charge is 0.480 e. The maximum absolute atomic E-state index is 11.2. The molecular formula is C16H20N4O6ReS. The number of aromatic nitrogens is 2. The zero-order valence-electron chi connectivity index (χ0n) is 14.7. The number of carboxylic acids is 2. The van der Waals surface area contributed by atoms with E-state index in [2.05, 4.69) is 14.3 Å². The molecule has 0 amide bonds. The van der Waals surface area contributed by atoms with Gasteiger partial charge in [0.05, 0.1) is 25.1 Å². The van der Waals surface area contributed by atoms with Crippen molar-refractivity contribution in [3.8, 4) is 0 Å². The zero-order chi connectivity index (χ0) is 19.6. The van der Waals surface area contributed by atoms with Gasteiger partial charge >= 0.3 is 11.9 Å². The van der Waals surface area contributed by atoms with Crippen LogP contribution in [0.4, 0.5) is 0 Å². The van der Waals surface area contributed by atoms with E-state index < -0.39 is 11.9 Å². The first kappa shape index (κ1) is 24.3. The molecule has 0 unspecified atom stereocenters. The molecule has 1 heterocycles. The molecule has 0 aliphatic carbocycles. The summed E-state index contributed by atoms with van der Waals surface area (Å²) in [5.41, 5.74) is 1.01. The van der Waals surface area contributed by atoms with Gasteiger partial charge in [0.15, 0.2) is 0 Å². The summed E-state index contributed by atoms with van der Waals surface area (Å²) in [4.78, 5) is 32.7. The average molecular weight is 583 g/mol. The maximum atomic E-state index is 11.2. The summed E-state index contributed by atoms with van der Waals surface area (Å²) in [6.45, 7) is 0.322. The molecule has 0 atom stereocenters. The summed E-state index contributed by atoms with van der Waals surface area (Å²) >= 11 is 0.977. The number of nitrogens with zero attached hydrogens (tertiary/aromatic N) is 3. The Balaban J connectivity index is 0.00000392. The Hall–Kier alpha value is -1.78. The monoisotopic (exact) mass is 583 g/mol. The third kappa shape index (κ3) is 8.49. The van der Waals surface area contributed by atoms with Gasteiger partial charge in [-0.1, -0.05) is 12.1 Å². The fourth-order valence-corrected chi connectivity index (χ4v) is 2.81. The first-order valence-corrected chi connectivity index (χ1v) is 8.67. The molecule has 0 aliphatic rings. The summed E-state index contributed by atoms with van der Waals surface area (Å²) in [7, 11) is 0. The number of carboxylic acid groups (broad SMARTS) is 2. The van der Waals surface area contributed by atoms with Crippen molar-refractivity contribution in [3.63, 3.8) is 0 Å². The van der Waals surface area contributed by atoms with Crippen LogP contribution >= 0.6 is 12.0 Å². The van der Waals surface area contributed by atoms with Gasteiger partial charge in [0.1, 0.15) is 12.4 Å². The molecule has 0 aliphatic heterocycles. The molecule has 0 fully saturated rings. The van der Waals surface area contributed by atoms with Crippen LogP contribution in [0.5, 0.6) is 0 Å². The van der Waals surface area contributed by atoms with Gasteiger partial charge in [0.2, 0.25) is 0 Å². The van der Waals surface area contributed by atoms with Crippen LogP contribution in [0.15, 0.2) is 41.6 Å². The molecule has 2 rings (SSSR count). The normalized spacial score (nSPS) is 10.6. The molecule has 10 nitrogen and oxygen atoms in total. The molecule has 4 N–H and O–H groups in total. The van der Waals surface area contributed by atoms with Crippen LogP contribution in [0.25, 0.3) is 0 Å². The number of hydrogen-bond acceptors (Lipinski definition) is 8. The van der Waals surface area contributed by atoms with Crippen LogP contribution < -0.4 is 5.90 Å². The van der Waals surface area contributed by atoms with Crippen LogP contribution in [0, 0.1) is 0 Å². The van der Waals surface area contributed by atoms with Gasteiger partial charge in [0.25, 0.3) is 0 Å². The van der Waals surface area contributed by atoms with E-state index in [0.29, 0.717) is 18.8 Å². The van der Waals surface area contributed by atoms with E-state index in [1.807, 2.05) is 24.3 Å². The van der Waals surface area contributed by atoms with Gasteiger partial charge in [-0.15, -0.1) is 9.32 Å². The van der Waals surface area contributed by atoms with E-state index in [-0.39, 0.29) is 40.1 Å². The topological polar surface area (TPSA) is 140 Å². The molecule has 0 bridgehead atoms. The Labute approximate surface area is 179 Å². The Kier molecular flexibility index (Phi) is 10.9. The van der Waals surface area contributed by atoms with E-state index in [0.717, 1.165) is 22.5 Å². The van der Waals surface area contributed by atoms with Crippen LogP contribution in [-0.2, 0) is 58.8 Å². The fourth-order valence-electron chi connectivity index (χ4n) is 2.44. The standard InChI is InChI=1S/C16H20N4O6S.Re/c17-25-26-27-13-3-1-12(2-4-13)5-7-19(10-15(21)22)9-14-18-6-8-20(14)11-16(23)24;/h1-4,6,8H,5,7,9-11,17H2,(H,21,22)(H,23,24);. The molecule has 153 valence electrons.